The Balaban J connectivity index is 1.71. The highest BCUT2D eigenvalue weighted by molar-refractivity contribution is 5.91. The number of nitrogens with zero attached hydrogens (tertiary/aromatic N) is 1. The molecule has 0 bridgehead atoms. The SMILES string of the molecule is O=C(/C=C/c1ccco1)N[C@H](c1cccnc1)C1CCOCC1. The predicted octanol–water partition coefficient (Wildman–Crippen LogP) is 2.97. The first-order valence-electron chi connectivity index (χ1n) is 7.82. The fourth-order valence-corrected chi connectivity index (χ4v) is 2.83. The smallest absolute Gasteiger partial charge is 0.244 e. The zero-order valence-electron chi connectivity index (χ0n) is 12.9. The number of carbonyl (C=O) groups is 1. The van der Waals surface area contributed by atoms with E-state index in [9.17, 15) is 4.79 Å². The molecule has 2 aromatic rings. The second-order valence-electron chi connectivity index (χ2n) is 5.57. The fourth-order valence-electron chi connectivity index (χ4n) is 2.83. The van der Waals surface area contributed by atoms with Gasteiger partial charge in [0.05, 0.1) is 12.3 Å². The van der Waals surface area contributed by atoms with Crippen LogP contribution in [0.5, 0.6) is 0 Å². The summed E-state index contributed by atoms with van der Waals surface area (Å²) in [5, 5.41) is 3.10. The highest BCUT2D eigenvalue weighted by Crippen LogP contribution is 2.29. The first-order chi connectivity index (χ1) is 11.3. The molecule has 0 aliphatic carbocycles. The number of rotatable bonds is 5. The molecule has 0 unspecified atom stereocenters. The lowest BCUT2D eigenvalue weighted by molar-refractivity contribution is -0.117. The van der Waals surface area contributed by atoms with Crippen LogP contribution in [0.15, 0.2) is 53.4 Å². The van der Waals surface area contributed by atoms with Crippen LogP contribution in [0.2, 0.25) is 0 Å². The van der Waals surface area contributed by atoms with Gasteiger partial charge >= 0.3 is 0 Å². The third-order valence-electron chi connectivity index (χ3n) is 4.02. The average Bonchev–Trinajstić information content (AvgIpc) is 3.13. The molecule has 1 saturated heterocycles. The van der Waals surface area contributed by atoms with Crippen LogP contribution in [0.4, 0.5) is 0 Å². The van der Waals surface area contributed by atoms with E-state index >= 15 is 0 Å². The zero-order valence-corrected chi connectivity index (χ0v) is 12.9. The monoisotopic (exact) mass is 312 g/mol. The molecule has 1 aliphatic heterocycles. The Morgan fingerprint density at radius 2 is 2.17 bits per heavy atom. The van der Waals surface area contributed by atoms with E-state index in [1.807, 2.05) is 18.3 Å². The quantitative estimate of drug-likeness (QED) is 0.862. The molecular formula is C18H20N2O3. The molecule has 1 atom stereocenters. The maximum absolute atomic E-state index is 12.3. The Labute approximate surface area is 135 Å². The van der Waals surface area contributed by atoms with Gasteiger partial charge in [-0.15, -0.1) is 0 Å². The van der Waals surface area contributed by atoms with Crippen LogP contribution in [0, 0.1) is 5.92 Å². The molecule has 5 heteroatoms. The molecule has 2 aromatic heterocycles. The normalized spacial score (nSPS) is 17.2. The van der Waals surface area contributed by atoms with Crippen molar-refractivity contribution >= 4 is 12.0 Å². The number of hydrogen-bond acceptors (Lipinski definition) is 4. The van der Waals surface area contributed by atoms with Crippen molar-refractivity contribution in [3.8, 4) is 0 Å². The summed E-state index contributed by atoms with van der Waals surface area (Å²) in [6.07, 6.45) is 10.2. The molecule has 0 aromatic carbocycles. The average molecular weight is 312 g/mol. The summed E-state index contributed by atoms with van der Waals surface area (Å²) < 4.78 is 10.6. The number of carbonyl (C=O) groups excluding carboxylic acids is 1. The van der Waals surface area contributed by atoms with Crippen LogP contribution in [-0.4, -0.2) is 24.1 Å². The molecule has 1 aliphatic rings. The minimum atomic E-state index is -0.137. The van der Waals surface area contributed by atoms with E-state index in [-0.39, 0.29) is 11.9 Å². The van der Waals surface area contributed by atoms with E-state index in [2.05, 4.69) is 10.3 Å². The van der Waals surface area contributed by atoms with Crippen LogP contribution in [0.1, 0.15) is 30.2 Å². The zero-order chi connectivity index (χ0) is 15.9. The van der Waals surface area contributed by atoms with Crippen molar-refractivity contribution < 1.29 is 13.9 Å². The maximum Gasteiger partial charge on any atom is 0.244 e. The summed E-state index contributed by atoms with van der Waals surface area (Å²) in [5.41, 5.74) is 1.03. The Morgan fingerprint density at radius 3 is 2.87 bits per heavy atom. The van der Waals surface area contributed by atoms with Gasteiger partial charge < -0.3 is 14.5 Å². The van der Waals surface area contributed by atoms with Gasteiger partial charge in [-0.25, -0.2) is 0 Å². The van der Waals surface area contributed by atoms with Crippen LogP contribution in [-0.2, 0) is 9.53 Å². The molecular weight excluding hydrogens is 292 g/mol. The third-order valence-corrected chi connectivity index (χ3v) is 4.02. The van der Waals surface area contributed by atoms with E-state index in [1.165, 1.54) is 6.08 Å². The van der Waals surface area contributed by atoms with Crippen LogP contribution in [0.3, 0.4) is 0 Å². The molecule has 1 fully saturated rings. The van der Waals surface area contributed by atoms with Gasteiger partial charge in [-0.2, -0.15) is 0 Å². The van der Waals surface area contributed by atoms with Gasteiger partial charge in [0.2, 0.25) is 5.91 Å². The number of hydrogen-bond donors (Lipinski definition) is 1. The van der Waals surface area contributed by atoms with Crippen molar-refractivity contribution in [3.05, 3.63) is 60.3 Å². The van der Waals surface area contributed by atoms with Gasteiger partial charge in [0.1, 0.15) is 5.76 Å². The second-order valence-corrected chi connectivity index (χ2v) is 5.57. The number of aromatic nitrogens is 1. The summed E-state index contributed by atoms with van der Waals surface area (Å²) in [6, 6.07) is 7.44. The summed E-state index contributed by atoms with van der Waals surface area (Å²) in [4.78, 5) is 16.5. The van der Waals surface area contributed by atoms with Gasteiger partial charge in [0, 0.05) is 31.7 Å². The summed E-state index contributed by atoms with van der Waals surface area (Å²) in [7, 11) is 0. The van der Waals surface area contributed by atoms with Crippen LogP contribution >= 0.6 is 0 Å². The summed E-state index contributed by atoms with van der Waals surface area (Å²) >= 11 is 0. The van der Waals surface area contributed by atoms with Crippen molar-refractivity contribution in [1.82, 2.24) is 10.3 Å². The first-order valence-corrected chi connectivity index (χ1v) is 7.82. The first kappa shape index (κ1) is 15.5. The lowest BCUT2D eigenvalue weighted by Gasteiger charge is -2.30. The lowest BCUT2D eigenvalue weighted by Crippen LogP contribution is -2.35. The summed E-state index contributed by atoms with van der Waals surface area (Å²) in [5.74, 6) is 0.875. The van der Waals surface area contributed by atoms with Crippen LogP contribution < -0.4 is 5.32 Å². The van der Waals surface area contributed by atoms with Gasteiger partial charge in [-0.05, 0) is 48.6 Å². The highest BCUT2D eigenvalue weighted by atomic mass is 16.5. The second kappa shape index (κ2) is 7.74. The van der Waals surface area contributed by atoms with Crippen molar-refractivity contribution in [1.29, 1.82) is 0 Å². The molecule has 23 heavy (non-hydrogen) atoms. The van der Waals surface area contributed by atoms with E-state index < -0.39 is 0 Å². The van der Waals surface area contributed by atoms with E-state index in [0.29, 0.717) is 11.7 Å². The minimum absolute atomic E-state index is 0.0543. The fraction of sp³-hybridized carbons (Fsp3) is 0.333. The molecule has 0 spiro atoms. The molecule has 5 nitrogen and oxygen atoms in total. The molecule has 1 amide bonds. The van der Waals surface area contributed by atoms with Crippen molar-refractivity contribution in [2.45, 2.75) is 18.9 Å². The lowest BCUT2D eigenvalue weighted by atomic mass is 9.87. The minimum Gasteiger partial charge on any atom is -0.465 e. The van der Waals surface area contributed by atoms with Crippen molar-refractivity contribution in [2.24, 2.45) is 5.92 Å². The Morgan fingerprint density at radius 1 is 1.30 bits per heavy atom. The summed E-state index contributed by atoms with van der Waals surface area (Å²) in [6.45, 7) is 1.47. The number of amides is 1. The molecule has 3 heterocycles. The van der Waals surface area contributed by atoms with E-state index in [4.69, 9.17) is 9.15 Å². The molecule has 3 rings (SSSR count). The Hall–Kier alpha value is -2.40. The Kier molecular flexibility index (Phi) is 5.21. The molecule has 0 saturated carbocycles. The predicted molar refractivity (Wildman–Crippen MR) is 86.4 cm³/mol. The topological polar surface area (TPSA) is 64.4 Å². The van der Waals surface area contributed by atoms with Crippen LogP contribution in [0.25, 0.3) is 6.08 Å². The largest absolute Gasteiger partial charge is 0.465 e. The van der Waals surface area contributed by atoms with Gasteiger partial charge in [-0.3, -0.25) is 9.78 Å². The number of furan rings is 1. The third kappa shape index (κ3) is 4.29. The maximum atomic E-state index is 12.3. The Bertz CT molecular complexity index is 632. The van der Waals surface area contributed by atoms with E-state index in [1.54, 1.807) is 30.7 Å². The highest BCUT2D eigenvalue weighted by Gasteiger charge is 2.26. The van der Waals surface area contributed by atoms with Gasteiger partial charge in [-0.1, -0.05) is 6.07 Å². The molecule has 0 radical (unpaired) electrons. The standard InChI is InChI=1S/C18H20N2O3/c21-17(6-5-16-4-2-10-23-16)20-18(14-7-11-22-12-8-14)15-3-1-9-19-13-15/h1-6,9-10,13-14,18H,7-8,11-12H2,(H,20,21)/b6-5+/t18-/m0/s1. The molecule has 1 N–H and O–H groups in total. The van der Waals surface area contributed by atoms with Gasteiger partial charge in [0.25, 0.3) is 0 Å². The molecule has 120 valence electrons. The van der Waals surface area contributed by atoms with E-state index in [0.717, 1.165) is 31.6 Å². The van der Waals surface area contributed by atoms with Crippen molar-refractivity contribution in [3.63, 3.8) is 0 Å². The van der Waals surface area contributed by atoms with Crippen molar-refractivity contribution in [2.75, 3.05) is 13.2 Å². The number of ether oxygens (including phenoxy) is 1. The van der Waals surface area contributed by atoms with Gasteiger partial charge in [0.15, 0.2) is 0 Å². The number of pyridine rings is 1. The number of nitrogens with one attached hydrogen (secondary N) is 1.